The number of rotatable bonds is 4. The van der Waals surface area contributed by atoms with Gasteiger partial charge in [-0.1, -0.05) is 30.4 Å². The lowest BCUT2D eigenvalue weighted by molar-refractivity contribution is 1.05. The molecule has 1 aromatic rings. The summed E-state index contributed by atoms with van der Waals surface area (Å²) in [7, 11) is 0. The van der Waals surface area contributed by atoms with Crippen molar-refractivity contribution in [2.75, 3.05) is 5.73 Å². The van der Waals surface area contributed by atoms with Crippen LogP contribution in [0.2, 0.25) is 0 Å². The third kappa shape index (κ3) is 3.32. The Bertz CT molecular complexity index is 348. The molecule has 0 heterocycles. The third-order valence-electron chi connectivity index (χ3n) is 1.98. The predicted molar refractivity (Wildman–Crippen MR) is 58.5 cm³/mol. The number of benzene rings is 1. The Morgan fingerprint density at radius 2 is 2.07 bits per heavy atom. The second-order valence-electron chi connectivity index (χ2n) is 3.07. The van der Waals surface area contributed by atoms with E-state index in [1.807, 2.05) is 30.3 Å². The van der Waals surface area contributed by atoms with Crippen molar-refractivity contribution in [3.63, 3.8) is 0 Å². The van der Waals surface area contributed by atoms with Crippen LogP contribution < -0.4 is 5.73 Å². The maximum Gasteiger partial charge on any atom is 0.0624 e. The summed E-state index contributed by atoms with van der Waals surface area (Å²) in [5.74, 6) is 0. The van der Waals surface area contributed by atoms with Crippen molar-refractivity contribution < 1.29 is 0 Å². The molecular weight excluding hydrogens is 172 g/mol. The monoisotopic (exact) mass is 186 g/mol. The number of para-hydroxylation sites is 1. The second kappa shape index (κ2) is 5.82. The van der Waals surface area contributed by atoms with Gasteiger partial charge in [-0.25, -0.2) is 0 Å². The maximum absolute atomic E-state index is 8.32. The number of allylic oxidation sites excluding steroid dienone is 2. The molecular formula is C12H14N2. The smallest absolute Gasteiger partial charge is 0.0624 e. The molecule has 0 unspecified atom stereocenters. The lowest BCUT2D eigenvalue weighted by Gasteiger charge is -2.00. The normalized spacial score (nSPS) is 10.2. The summed E-state index contributed by atoms with van der Waals surface area (Å²) in [6.45, 7) is 0. The van der Waals surface area contributed by atoms with Crippen LogP contribution in [0.3, 0.4) is 0 Å². The van der Waals surface area contributed by atoms with Crippen LogP contribution in [0.5, 0.6) is 0 Å². The summed E-state index contributed by atoms with van der Waals surface area (Å²) in [6, 6.07) is 9.93. The Kier molecular flexibility index (Phi) is 4.30. The number of nitrogen functional groups attached to an aromatic ring is 1. The number of unbranched alkanes of at least 4 members (excludes halogenated alkanes) is 1. The van der Waals surface area contributed by atoms with Crippen molar-refractivity contribution in [2.45, 2.75) is 19.3 Å². The molecule has 1 rings (SSSR count). The molecule has 14 heavy (non-hydrogen) atoms. The lowest BCUT2D eigenvalue weighted by Crippen LogP contribution is -1.91. The van der Waals surface area contributed by atoms with E-state index in [2.05, 4.69) is 12.1 Å². The summed E-state index contributed by atoms with van der Waals surface area (Å²) in [6.07, 6.45) is 6.33. The van der Waals surface area contributed by atoms with Gasteiger partial charge in [0.05, 0.1) is 6.07 Å². The van der Waals surface area contributed by atoms with Gasteiger partial charge in [0.1, 0.15) is 0 Å². The van der Waals surface area contributed by atoms with E-state index < -0.39 is 0 Å². The topological polar surface area (TPSA) is 49.8 Å². The first-order valence-corrected chi connectivity index (χ1v) is 4.70. The summed E-state index contributed by atoms with van der Waals surface area (Å²) in [5, 5.41) is 8.32. The zero-order valence-corrected chi connectivity index (χ0v) is 8.11. The molecule has 0 saturated carbocycles. The summed E-state index contributed by atoms with van der Waals surface area (Å²) < 4.78 is 0. The fourth-order valence-corrected chi connectivity index (χ4v) is 1.20. The van der Waals surface area contributed by atoms with Crippen molar-refractivity contribution in [1.29, 1.82) is 5.26 Å². The molecule has 0 atom stereocenters. The van der Waals surface area contributed by atoms with E-state index in [9.17, 15) is 0 Å². The molecule has 0 aromatic heterocycles. The zero-order chi connectivity index (χ0) is 10.2. The summed E-state index contributed by atoms with van der Waals surface area (Å²) in [5.41, 5.74) is 7.75. The van der Waals surface area contributed by atoms with E-state index in [4.69, 9.17) is 11.0 Å². The Hall–Kier alpha value is -1.75. The quantitative estimate of drug-likeness (QED) is 0.446. The Labute approximate surface area is 84.7 Å². The van der Waals surface area contributed by atoms with E-state index in [0.717, 1.165) is 24.1 Å². The van der Waals surface area contributed by atoms with E-state index in [0.29, 0.717) is 6.42 Å². The first kappa shape index (κ1) is 10.3. The molecule has 0 aliphatic heterocycles. The van der Waals surface area contributed by atoms with Gasteiger partial charge in [-0.3, -0.25) is 0 Å². The largest absolute Gasteiger partial charge is 0.398 e. The average molecular weight is 186 g/mol. The van der Waals surface area contributed by atoms with Gasteiger partial charge in [0.2, 0.25) is 0 Å². The highest BCUT2D eigenvalue weighted by Crippen LogP contribution is 2.11. The minimum absolute atomic E-state index is 0.584. The van der Waals surface area contributed by atoms with Crippen LogP contribution in [0, 0.1) is 11.3 Å². The van der Waals surface area contributed by atoms with Crippen LogP contribution in [0.1, 0.15) is 18.4 Å². The molecule has 0 fully saturated rings. The highest BCUT2D eigenvalue weighted by atomic mass is 14.5. The molecule has 0 saturated heterocycles. The summed E-state index contributed by atoms with van der Waals surface area (Å²) in [4.78, 5) is 0. The Balaban J connectivity index is 2.42. The Morgan fingerprint density at radius 3 is 2.79 bits per heavy atom. The summed E-state index contributed by atoms with van der Waals surface area (Å²) >= 11 is 0. The first-order valence-electron chi connectivity index (χ1n) is 4.70. The zero-order valence-electron chi connectivity index (χ0n) is 8.11. The fourth-order valence-electron chi connectivity index (χ4n) is 1.20. The van der Waals surface area contributed by atoms with Crippen molar-refractivity contribution in [3.8, 4) is 6.07 Å². The van der Waals surface area contributed by atoms with Gasteiger partial charge in [0, 0.05) is 12.1 Å². The minimum atomic E-state index is 0.584. The van der Waals surface area contributed by atoms with Crippen LogP contribution in [-0.2, 0) is 6.42 Å². The van der Waals surface area contributed by atoms with Gasteiger partial charge in [-0.15, -0.1) is 0 Å². The van der Waals surface area contributed by atoms with Gasteiger partial charge in [-0.2, -0.15) is 5.26 Å². The average Bonchev–Trinajstić information content (AvgIpc) is 2.20. The first-order chi connectivity index (χ1) is 6.84. The van der Waals surface area contributed by atoms with Crippen molar-refractivity contribution in [3.05, 3.63) is 42.0 Å². The number of nitrogens with zero attached hydrogens (tertiary/aromatic N) is 1. The van der Waals surface area contributed by atoms with E-state index in [1.54, 1.807) is 0 Å². The molecule has 1 aromatic carbocycles. The number of hydrogen-bond acceptors (Lipinski definition) is 2. The lowest BCUT2D eigenvalue weighted by atomic mass is 10.1. The van der Waals surface area contributed by atoms with Crippen LogP contribution >= 0.6 is 0 Å². The van der Waals surface area contributed by atoms with Crippen molar-refractivity contribution in [2.24, 2.45) is 0 Å². The van der Waals surface area contributed by atoms with E-state index in [1.165, 1.54) is 0 Å². The van der Waals surface area contributed by atoms with Crippen molar-refractivity contribution >= 4 is 5.69 Å². The molecule has 0 spiro atoms. The predicted octanol–water partition coefficient (Wildman–Crippen LogP) is 2.67. The minimum Gasteiger partial charge on any atom is -0.398 e. The van der Waals surface area contributed by atoms with Crippen LogP contribution in [0.25, 0.3) is 0 Å². The molecule has 0 aliphatic carbocycles. The van der Waals surface area contributed by atoms with Gasteiger partial charge in [-0.05, 0) is 24.5 Å². The van der Waals surface area contributed by atoms with Crippen LogP contribution in [-0.4, -0.2) is 0 Å². The molecule has 2 heteroatoms. The molecule has 72 valence electrons. The number of hydrogen-bond donors (Lipinski definition) is 1. The highest BCUT2D eigenvalue weighted by molar-refractivity contribution is 5.47. The Morgan fingerprint density at radius 1 is 1.29 bits per heavy atom. The molecule has 0 bridgehead atoms. The molecule has 0 aliphatic rings. The van der Waals surface area contributed by atoms with Gasteiger partial charge in [0.15, 0.2) is 0 Å². The fraction of sp³-hybridized carbons (Fsp3) is 0.250. The standard InChI is InChI=1S/C12H14N2/c13-10-6-2-1-3-7-11-8-4-5-9-12(11)14/h1,3-5,8-9H,2,6-7,14H2/b3-1+. The van der Waals surface area contributed by atoms with E-state index in [-0.39, 0.29) is 0 Å². The number of nitriles is 1. The number of nitrogens with two attached hydrogens (primary N) is 1. The van der Waals surface area contributed by atoms with Crippen molar-refractivity contribution in [1.82, 2.24) is 0 Å². The SMILES string of the molecule is N#CCC/C=C/Cc1ccccc1N. The highest BCUT2D eigenvalue weighted by Gasteiger charge is 1.93. The van der Waals surface area contributed by atoms with Crippen LogP contribution in [0.4, 0.5) is 5.69 Å². The molecule has 0 amide bonds. The second-order valence-corrected chi connectivity index (χ2v) is 3.07. The van der Waals surface area contributed by atoms with Crippen LogP contribution in [0.15, 0.2) is 36.4 Å². The number of anilines is 1. The van der Waals surface area contributed by atoms with E-state index >= 15 is 0 Å². The van der Waals surface area contributed by atoms with Gasteiger partial charge in [0.25, 0.3) is 0 Å². The third-order valence-corrected chi connectivity index (χ3v) is 1.98. The maximum atomic E-state index is 8.32. The van der Waals surface area contributed by atoms with Gasteiger partial charge >= 0.3 is 0 Å². The van der Waals surface area contributed by atoms with Gasteiger partial charge < -0.3 is 5.73 Å². The molecule has 2 N–H and O–H groups in total. The molecule has 0 radical (unpaired) electrons. The molecule has 2 nitrogen and oxygen atoms in total.